The number of hydrogen-bond acceptors (Lipinski definition) is 5. The molecule has 3 aromatic rings. The highest BCUT2D eigenvalue weighted by Crippen LogP contribution is 2.28. The maximum absolute atomic E-state index is 12.0. The van der Waals surface area contributed by atoms with Crippen LogP contribution in [0.3, 0.4) is 0 Å². The zero-order valence-electron chi connectivity index (χ0n) is 17.8. The Labute approximate surface area is 185 Å². The summed E-state index contributed by atoms with van der Waals surface area (Å²) in [4.78, 5) is 14.0. The summed E-state index contributed by atoms with van der Waals surface area (Å²) in [6.07, 6.45) is 1.08. The number of nitrogens with zero attached hydrogens (tertiary/aromatic N) is 1. The number of rotatable bonds is 7. The number of hydrogen-bond donors (Lipinski definition) is 4. The van der Waals surface area contributed by atoms with E-state index >= 15 is 0 Å². The van der Waals surface area contributed by atoms with Crippen LogP contribution in [0.5, 0.6) is 5.75 Å². The van der Waals surface area contributed by atoms with Crippen LogP contribution in [0, 0.1) is 10.8 Å². The molecule has 0 bridgehead atoms. The van der Waals surface area contributed by atoms with Crippen molar-refractivity contribution >= 4 is 28.6 Å². The molecule has 2 heterocycles. The molecule has 8 nitrogen and oxygen atoms in total. The third-order valence-electron chi connectivity index (χ3n) is 5.79. The fourth-order valence-electron chi connectivity index (χ4n) is 4.02. The molecule has 4 rings (SSSR count). The van der Waals surface area contributed by atoms with E-state index in [4.69, 9.17) is 25.7 Å². The number of amidine groups is 2. The van der Waals surface area contributed by atoms with Crippen LogP contribution in [0.2, 0.25) is 0 Å². The molecule has 1 aliphatic heterocycles. The van der Waals surface area contributed by atoms with Crippen molar-refractivity contribution in [3.05, 3.63) is 65.4 Å². The molecular formula is C24H26N4O4. The van der Waals surface area contributed by atoms with E-state index in [1.165, 1.54) is 0 Å². The second-order valence-corrected chi connectivity index (χ2v) is 8.10. The molecule has 0 amide bonds. The van der Waals surface area contributed by atoms with Gasteiger partial charge < -0.3 is 24.9 Å². The van der Waals surface area contributed by atoms with Crippen LogP contribution >= 0.6 is 0 Å². The highest BCUT2D eigenvalue weighted by molar-refractivity contribution is 5.98. The standard InChI is InChI=1S/C24H26N4O4/c1-14(25)28-9-8-19(13-28)31-18-5-2-15(3-6-18)21(24(29)30)12-20-11-17-10-16(23(26)27)4-7-22(17)32-20/h2-7,10-11,19,21,25H,8-9,12-13H2,1H3,(H3,26,27)(H,29,30)/t19-,21?/m0/s1. The Morgan fingerprint density at radius 2 is 2.00 bits per heavy atom. The van der Waals surface area contributed by atoms with Gasteiger partial charge in [-0.1, -0.05) is 12.1 Å². The van der Waals surface area contributed by atoms with Crippen molar-refractivity contribution in [1.82, 2.24) is 4.90 Å². The topological polar surface area (TPSA) is 137 Å². The summed E-state index contributed by atoms with van der Waals surface area (Å²) in [5.74, 6) is 0.0581. The Morgan fingerprint density at radius 1 is 1.25 bits per heavy atom. The molecule has 0 spiro atoms. The van der Waals surface area contributed by atoms with Crippen LogP contribution in [-0.4, -0.2) is 46.8 Å². The molecule has 2 aromatic carbocycles. The lowest BCUT2D eigenvalue weighted by molar-refractivity contribution is -0.138. The molecule has 32 heavy (non-hydrogen) atoms. The largest absolute Gasteiger partial charge is 0.489 e. The molecule has 0 saturated carbocycles. The first kappa shape index (κ1) is 21.4. The summed E-state index contributed by atoms with van der Waals surface area (Å²) >= 11 is 0. The fraction of sp³-hybridized carbons (Fsp3) is 0.292. The van der Waals surface area contributed by atoms with Crippen LogP contribution in [0.15, 0.2) is 52.9 Å². The summed E-state index contributed by atoms with van der Waals surface area (Å²) < 4.78 is 11.8. The number of fused-ring (bicyclic) bond motifs is 1. The van der Waals surface area contributed by atoms with E-state index in [0.717, 1.165) is 18.4 Å². The number of nitrogens with two attached hydrogens (primary N) is 1. The second-order valence-electron chi connectivity index (χ2n) is 8.10. The second kappa shape index (κ2) is 8.74. The molecule has 1 aliphatic rings. The maximum atomic E-state index is 12.0. The Bertz CT molecular complexity index is 1170. The number of benzene rings is 2. The molecule has 1 saturated heterocycles. The lowest BCUT2D eigenvalue weighted by atomic mass is 9.94. The quantitative estimate of drug-likeness (QED) is 0.331. The van der Waals surface area contributed by atoms with Crippen molar-refractivity contribution in [2.24, 2.45) is 5.73 Å². The number of carbonyl (C=O) groups is 1. The summed E-state index contributed by atoms with van der Waals surface area (Å²) in [6, 6.07) is 14.1. The maximum Gasteiger partial charge on any atom is 0.311 e. The first-order valence-electron chi connectivity index (χ1n) is 10.5. The summed E-state index contributed by atoms with van der Waals surface area (Å²) in [5, 5.41) is 25.9. The Balaban J connectivity index is 1.47. The minimum Gasteiger partial charge on any atom is -0.489 e. The third kappa shape index (κ3) is 4.59. The molecule has 0 aliphatic carbocycles. The third-order valence-corrected chi connectivity index (χ3v) is 5.79. The first-order valence-corrected chi connectivity index (χ1v) is 10.5. The number of nitrogen functional groups attached to an aromatic ring is 1. The number of likely N-dealkylation sites (tertiary alicyclic amines) is 1. The Kier molecular flexibility index (Phi) is 5.85. The van der Waals surface area contributed by atoms with Gasteiger partial charge in [0.2, 0.25) is 0 Å². The molecule has 1 aromatic heterocycles. The van der Waals surface area contributed by atoms with Crippen molar-refractivity contribution in [3.63, 3.8) is 0 Å². The van der Waals surface area contributed by atoms with Gasteiger partial charge in [0.15, 0.2) is 0 Å². The molecule has 0 radical (unpaired) electrons. The molecule has 2 atom stereocenters. The highest BCUT2D eigenvalue weighted by atomic mass is 16.5. The van der Waals surface area contributed by atoms with Crippen molar-refractivity contribution in [2.45, 2.75) is 31.8 Å². The normalized spacial score (nSPS) is 16.8. The molecule has 166 valence electrons. The SMILES string of the molecule is CC(=N)N1CC[C@H](Oc2ccc(C(Cc3cc4cc(C(=N)N)ccc4o3)C(=O)O)cc2)C1. The van der Waals surface area contributed by atoms with Crippen LogP contribution in [0.1, 0.15) is 36.1 Å². The number of aliphatic carboxylic acids is 1. The van der Waals surface area contributed by atoms with Crippen LogP contribution < -0.4 is 10.5 Å². The van der Waals surface area contributed by atoms with E-state index in [9.17, 15) is 9.90 Å². The zero-order chi connectivity index (χ0) is 22.8. The molecule has 8 heteroatoms. The molecule has 1 unspecified atom stereocenters. The summed E-state index contributed by atoms with van der Waals surface area (Å²) in [5.41, 5.74) is 7.43. The van der Waals surface area contributed by atoms with Gasteiger partial charge in [-0.05, 0) is 48.9 Å². The van der Waals surface area contributed by atoms with Gasteiger partial charge in [-0.3, -0.25) is 15.6 Å². The molecule has 5 N–H and O–H groups in total. The van der Waals surface area contributed by atoms with Gasteiger partial charge in [-0.15, -0.1) is 0 Å². The van der Waals surface area contributed by atoms with Crippen LogP contribution in [0.4, 0.5) is 0 Å². The van der Waals surface area contributed by atoms with E-state index in [1.54, 1.807) is 55.5 Å². The first-order chi connectivity index (χ1) is 15.3. The molecular weight excluding hydrogens is 408 g/mol. The van der Waals surface area contributed by atoms with Gasteiger partial charge in [-0.2, -0.15) is 0 Å². The lowest BCUT2D eigenvalue weighted by Crippen LogP contribution is -2.28. The van der Waals surface area contributed by atoms with E-state index in [0.29, 0.717) is 40.6 Å². The lowest BCUT2D eigenvalue weighted by Gasteiger charge is -2.18. The van der Waals surface area contributed by atoms with Gasteiger partial charge in [-0.25, -0.2) is 0 Å². The van der Waals surface area contributed by atoms with Crippen molar-refractivity contribution in [2.75, 3.05) is 13.1 Å². The Morgan fingerprint density at radius 3 is 2.62 bits per heavy atom. The number of carboxylic acids is 1. The van der Waals surface area contributed by atoms with E-state index in [-0.39, 0.29) is 18.4 Å². The van der Waals surface area contributed by atoms with Crippen LogP contribution in [-0.2, 0) is 11.2 Å². The Hall–Kier alpha value is -3.81. The van der Waals surface area contributed by atoms with Crippen molar-refractivity contribution < 1.29 is 19.1 Å². The van der Waals surface area contributed by atoms with E-state index in [2.05, 4.69) is 0 Å². The monoisotopic (exact) mass is 434 g/mol. The van der Waals surface area contributed by atoms with Crippen LogP contribution in [0.25, 0.3) is 11.0 Å². The van der Waals surface area contributed by atoms with E-state index < -0.39 is 11.9 Å². The average molecular weight is 434 g/mol. The van der Waals surface area contributed by atoms with Gasteiger partial charge in [0.05, 0.1) is 18.3 Å². The zero-order valence-corrected chi connectivity index (χ0v) is 17.8. The van der Waals surface area contributed by atoms with Gasteiger partial charge in [0.1, 0.15) is 29.0 Å². The number of nitrogens with one attached hydrogen (secondary N) is 2. The minimum absolute atomic E-state index is 0.0202. The van der Waals surface area contributed by atoms with Gasteiger partial charge >= 0.3 is 5.97 Å². The summed E-state index contributed by atoms with van der Waals surface area (Å²) in [7, 11) is 0. The summed E-state index contributed by atoms with van der Waals surface area (Å²) in [6.45, 7) is 3.27. The number of furan rings is 1. The predicted molar refractivity (Wildman–Crippen MR) is 122 cm³/mol. The number of carboxylic acid groups (broad SMARTS) is 1. The van der Waals surface area contributed by atoms with E-state index in [1.807, 2.05) is 4.90 Å². The molecule has 1 fully saturated rings. The fourth-order valence-corrected chi connectivity index (χ4v) is 4.02. The predicted octanol–water partition coefficient (Wildman–Crippen LogP) is 3.58. The minimum atomic E-state index is -0.934. The highest BCUT2D eigenvalue weighted by Gasteiger charge is 2.25. The smallest absolute Gasteiger partial charge is 0.311 e. The number of ether oxygens (including phenoxy) is 1. The van der Waals surface area contributed by atoms with Crippen molar-refractivity contribution in [1.29, 1.82) is 10.8 Å². The average Bonchev–Trinajstić information content (AvgIpc) is 3.38. The van der Waals surface area contributed by atoms with Gasteiger partial charge in [0.25, 0.3) is 0 Å². The van der Waals surface area contributed by atoms with Gasteiger partial charge in [0, 0.05) is 30.3 Å². The van der Waals surface area contributed by atoms with Crippen molar-refractivity contribution in [3.8, 4) is 5.75 Å².